The fraction of sp³-hybridized carbons (Fsp3) is 0.353. The smallest absolute Gasteiger partial charge is 0.273 e. The minimum Gasteiger partial charge on any atom is -0.394 e. The van der Waals surface area contributed by atoms with Crippen LogP contribution < -0.4 is 0 Å². The van der Waals surface area contributed by atoms with Crippen molar-refractivity contribution in [3.63, 3.8) is 0 Å². The molecule has 1 saturated heterocycles. The van der Waals surface area contributed by atoms with E-state index in [0.29, 0.717) is 27.5 Å². The molecule has 11 nitrogen and oxygen atoms in total. The van der Waals surface area contributed by atoms with E-state index in [-0.39, 0.29) is 5.69 Å². The van der Waals surface area contributed by atoms with Crippen LogP contribution in [0.3, 0.4) is 0 Å². The van der Waals surface area contributed by atoms with Crippen molar-refractivity contribution in [1.82, 2.24) is 19.5 Å². The van der Waals surface area contributed by atoms with Gasteiger partial charge in [-0.1, -0.05) is 30.0 Å². The molecule has 1 aliphatic rings. The molecule has 0 saturated carbocycles. The van der Waals surface area contributed by atoms with Gasteiger partial charge in [-0.3, -0.25) is 14.7 Å². The molecule has 0 aliphatic carbocycles. The fourth-order valence-corrected chi connectivity index (χ4v) is 4.13. The van der Waals surface area contributed by atoms with Crippen LogP contribution in [-0.4, -0.2) is 64.7 Å². The Balaban J connectivity index is 1.61. The van der Waals surface area contributed by atoms with Gasteiger partial charge in [0, 0.05) is 17.4 Å². The summed E-state index contributed by atoms with van der Waals surface area (Å²) < 4.78 is 7.00. The molecule has 0 bridgehead atoms. The highest BCUT2D eigenvalue weighted by atomic mass is 32.2. The molecule has 4 atom stereocenters. The van der Waals surface area contributed by atoms with Crippen LogP contribution in [0.2, 0.25) is 0 Å². The van der Waals surface area contributed by atoms with Gasteiger partial charge in [-0.25, -0.2) is 15.0 Å². The molecule has 4 rings (SSSR count). The summed E-state index contributed by atoms with van der Waals surface area (Å²) in [6.45, 7) is -0.437. The number of aliphatic hydroxyl groups is 3. The summed E-state index contributed by atoms with van der Waals surface area (Å²) in [6, 6.07) is 6.47. The first kappa shape index (κ1) is 19.7. The number of hydrogen-bond donors (Lipinski definition) is 3. The lowest BCUT2D eigenvalue weighted by Crippen LogP contribution is -2.33. The predicted molar refractivity (Wildman–Crippen MR) is 101 cm³/mol. The molecule has 1 fully saturated rings. The summed E-state index contributed by atoms with van der Waals surface area (Å²) >= 11 is 1.27. The molecule has 0 radical (unpaired) electrons. The number of aromatic nitrogens is 4. The topological polar surface area (TPSA) is 157 Å². The molecule has 152 valence electrons. The fourth-order valence-electron chi connectivity index (χ4n) is 3.19. The molecular formula is C17H17N5O6S. The molecule has 0 amide bonds. The molecule has 12 heteroatoms. The highest BCUT2D eigenvalue weighted by Gasteiger charge is 2.44. The van der Waals surface area contributed by atoms with E-state index < -0.39 is 36.1 Å². The van der Waals surface area contributed by atoms with Gasteiger partial charge in [0.2, 0.25) is 0 Å². The van der Waals surface area contributed by atoms with E-state index in [1.165, 1.54) is 35.0 Å². The predicted octanol–water partition coefficient (Wildman–Crippen LogP) is 0.638. The van der Waals surface area contributed by atoms with Crippen molar-refractivity contribution in [2.24, 2.45) is 0 Å². The molecule has 1 aromatic carbocycles. The van der Waals surface area contributed by atoms with Gasteiger partial charge in [0.25, 0.3) is 5.69 Å². The molecule has 3 aromatic rings. The van der Waals surface area contributed by atoms with Crippen molar-refractivity contribution in [3.8, 4) is 0 Å². The number of rotatable bonds is 6. The van der Waals surface area contributed by atoms with E-state index >= 15 is 0 Å². The van der Waals surface area contributed by atoms with Crippen LogP contribution in [0, 0.1) is 10.1 Å². The number of para-hydroxylation sites is 1. The number of hydrogen-bond acceptors (Lipinski definition) is 10. The van der Waals surface area contributed by atoms with Crippen molar-refractivity contribution >= 4 is 28.6 Å². The van der Waals surface area contributed by atoms with Crippen LogP contribution in [0.5, 0.6) is 0 Å². The first-order valence-corrected chi connectivity index (χ1v) is 9.65. The van der Waals surface area contributed by atoms with Crippen molar-refractivity contribution in [2.45, 2.75) is 35.3 Å². The first-order valence-electron chi connectivity index (χ1n) is 8.66. The lowest BCUT2D eigenvalue weighted by atomic mass is 10.1. The van der Waals surface area contributed by atoms with Gasteiger partial charge in [0.1, 0.15) is 35.2 Å². The minimum atomic E-state index is -1.26. The summed E-state index contributed by atoms with van der Waals surface area (Å²) in [5.74, 6) is 0.310. The average Bonchev–Trinajstić information content (AvgIpc) is 3.28. The number of thioether (sulfide) groups is 1. The van der Waals surface area contributed by atoms with Gasteiger partial charge in [-0.05, 0) is 0 Å². The van der Waals surface area contributed by atoms with Crippen molar-refractivity contribution in [2.75, 3.05) is 6.61 Å². The highest BCUT2D eigenvalue weighted by Crippen LogP contribution is 2.34. The van der Waals surface area contributed by atoms with Gasteiger partial charge in [0.05, 0.1) is 17.9 Å². The van der Waals surface area contributed by atoms with E-state index in [1.54, 1.807) is 18.2 Å². The quantitative estimate of drug-likeness (QED) is 0.224. The Morgan fingerprint density at radius 3 is 2.72 bits per heavy atom. The van der Waals surface area contributed by atoms with Crippen molar-refractivity contribution in [1.29, 1.82) is 0 Å². The van der Waals surface area contributed by atoms with Crippen LogP contribution in [-0.2, 0) is 10.5 Å². The third-order valence-corrected chi connectivity index (χ3v) is 5.70. The molecule has 0 unspecified atom stereocenters. The number of nitrogens with zero attached hydrogens (tertiary/aromatic N) is 5. The lowest BCUT2D eigenvalue weighted by molar-refractivity contribution is -0.385. The second-order valence-electron chi connectivity index (χ2n) is 6.41. The van der Waals surface area contributed by atoms with Gasteiger partial charge >= 0.3 is 0 Å². The molecule has 2 aromatic heterocycles. The maximum absolute atomic E-state index is 11.2. The normalized spacial score (nSPS) is 24.2. The van der Waals surface area contributed by atoms with Crippen molar-refractivity contribution in [3.05, 3.63) is 52.6 Å². The number of fused-ring (bicyclic) bond motifs is 1. The zero-order valence-electron chi connectivity index (χ0n) is 14.9. The minimum absolute atomic E-state index is 0.0299. The van der Waals surface area contributed by atoms with E-state index in [1.807, 2.05) is 0 Å². The van der Waals surface area contributed by atoms with Crippen LogP contribution >= 0.6 is 11.8 Å². The summed E-state index contributed by atoms with van der Waals surface area (Å²) in [6.07, 6.45) is -1.64. The standard InChI is InChI=1S/C17H17N5O6S/c23-5-11-13(24)14(25)17(28-11)21-8-20-12-15(21)18-7-19-16(12)29-6-9-3-1-2-4-10(9)22(26)27/h1-4,7-8,11,13-14,17,23-25H,5-6H2/t11-,13-,14-,17-/m1/s1. The summed E-state index contributed by atoms with van der Waals surface area (Å²) in [7, 11) is 0. The van der Waals surface area contributed by atoms with Gasteiger partial charge in [0.15, 0.2) is 11.9 Å². The summed E-state index contributed by atoms with van der Waals surface area (Å²) in [5, 5.41) is 41.2. The molecule has 3 N–H and O–H groups in total. The third-order valence-electron chi connectivity index (χ3n) is 4.67. The number of ether oxygens (including phenoxy) is 1. The Morgan fingerprint density at radius 2 is 2.00 bits per heavy atom. The van der Waals surface area contributed by atoms with Gasteiger partial charge in [-0.15, -0.1) is 0 Å². The Labute approximate surface area is 168 Å². The monoisotopic (exact) mass is 419 g/mol. The Bertz CT molecular complexity index is 1050. The Morgan fingerprint density at radius 1 is 1.21 bits per heavy atom. The van der Waals surface area contributed by atoms with Crippen LogP contribution in [0.25, 0.3) is 11.2 Å². The second-order valence-corrected chi connectivity index (χ2v) is 7.37. The average molecular weight is 419 g/mol. The maximum Gasteiger partial charge on any atom is 0.273 e. The van der Waals surface area contributed by atoms with E-state index in [0.717, 1.165) is 0 Å². The molecule has 0 spiro atoms. The van der Waals surface area contributed by atoms with Gasteiger partial charge < -0.3 is 20.1 Å². The zero-order valence-corrected chi connectivity index (χ0v) is 15.7. The van der Waals surface area contributed by atoms with E-state index in [2.05, 4.69) is 15.0 Å². The van der Waals surface area contributed by atoms with Gasteiger partial charge in [-0.2, -0.15) is 0 Å². The Hall–Kier alpha value is -2.64. The summed E-state index contributed by atoms with van der Waals surface area (Å²) in [5.41, 5.74) is 1.40. The van der Waals surface area contributed by atoms with Crippen LogP contribution in [0.4, 0.5) is 5.69 Å². The van der Waals surface area contributed by atoms with Crippen LogP contribution in [0.1, 0.15) is 11.8 Å². The Kier molecular flexibility index (Phi) is 5.43. The lowest BCUT2D eigenvalue weighted by Gasteiger charge is -2.16. The molecule has 3 heterocycles. The second kappa shape index (κ2) is 8.00. The number of benzene rings is 1. The number of imidazole rings is 1. The zero-order chi connectivity index (χ0) is 20.5. The number of aliphatic hydroxyl groups excluding tert-OH is 3. The molecule has 1 aliphatic heterocycles. The molecular weight excluding hydrogens is 402 g/mol. The van der Waals surface area contributed by atoms with E-state index in [4.69, 9.17) is 4.74 Å². The SMILES string of the molecule is O=[N+]([O-])c1ccccc1CSc1ncnc2c1ncn2[C@@H]1O[C@H](CO)[C@@H](O)[C@H]1O. The van der Waals surface area contributed by atoms with E-state index in [9.17, 15) is 25.4 Å². The number of nitro groups is 1. The van der Waals surface area contributed by atoms with Crippen molar-refractivity contribution < 1.29 is 25.0 Å². The van der Waals surface area contributed by atoms with Crippen LogP contribution in [0.15, 0.2) is 41.9 Å². The summed E-state index contributed by atoms with van der Waals surface area (Å²) in [4.78, 5) is 23.5. The third kappa shape index (κ3) is 3.56. The largest absolute Gasteiger partial charge is 0.394 e. The maximum atomic E-state index is 11.2. The highest BCUT2D eigenvalue weighted by molar-refractivity contribution is 7.98. The number of nitro benzene ring substituents is 1. The molecule has 29 heavy (non-hydrogen) atoms. The first-order chi connectivity index (χ1) is 14.0.